The summed E-state index contributed by atoms with van der Waals surface area (Å²) in [6, 6.07) is 1.32. The summed E-state index contributed by atoms with van der Waals surface area (Å²) in [6.07, 6.45) is 4.80. The number of halogens is 2. The van der Waals surface area contributed by atoms with Crippen molar-refractivity contribution in [3.8, 4) is 0 Å². The average molecular weight is 374 g/mol. The first-order valence-corrected chi connectivity index (χ1v) is 13.7. The standard InChI is InChI=1S/C11H23Si2.2ClH.Zr/c1-12(2,3)10-8-7-9-11-13(4,5)6;;;/h8-10H,11H2,1-6H3;2*1H;/q;;;+2/p-2/b9-7?,10-8+;;;. The van der Waals surface area contributed by atoms with Gasteiger partial charge in [-0.3, -0.25) is 0 Å². The molecule has 0 aromatic carbocycles. The molecule has 0 heterocycles. The van der Waals surface area contributed by atoms with Gasteiger partial charge in [0.1, 0.15) is 0 Å². The Morgan fingerprint density at radius 2 is 1.44 bits per heavy atom. The molecular formula is C11H23Cl2Si2Zr. The van der Waals surface area contributed by atoms with Gasteiger partial charge in [0.15, 0.2) is 0 Å². The Morgan fingerprint density at radius 1 is 1.00 bits per heavy atom. The summed E-state index contributed by atoms with van der Waals surface area (Å²) in [7, 11) is -1.87. The van der Waals surface area contributed by atoms with E-state index in [-0.39, 0.29) is 24.8 Å². The maximum atomic E-state index is 2.45. The predicted octanol–water partition coefficient (Wildman–Crippen LogP) is -1.80. The minimum absolute atomic E-state index is 0. The molecule has 0 atom stereocenters. The largest absolute Gasteiger partial charge is 1.00 e. The van der Waals surface area contributed by atoms with Crippen LogP contribution in [0, 0.1) is 0 Å². The minimum Gasteiger partial charge on any atom is -1.00 e. The third-order valence-electron chi connectivity index (χ3n) is 1.70. The van der Waals surface area contributed by atoms with Crippen LogP contribution in [0.5, 0.6) is 0 Å². The van der Waals surface area contributed by atoms with Gasteiger partial charge in [0, 0.05) is 0 Å². The maximum Gasteiger partial charge on any atom is -1.00 e. The summed E-state index contributed by atoms with van der Waals surface area (Å²) >= 11 is 1.56. The van der Waals surface area contributed by atoms with Gasteiger partial charge < -0.3 is 24.8 Å². The molecule has 0 N–H and O–H groups in total. The second-order valence-corrected chi connectivity index (χ2v) is 18.1. The van der Waals surface area contributed by atoms with Gasteiger partial charge in [0.05, 0.1) is 0 Å². The fraction of sp³-hybridized carbons (Fsp3) is 0.636. The Labute approximate surface area is 131 Å². The van der Waals surface area contributed by atoms with Crippen LogP contribution in [-0.4, -0.2) is 16.1 Å². The SMILES string of the molecule is C[Si](C)(C)/C=C/[C]([Zr+2])=C/C[Si](C)(C)C.[Cl-].[Cl-]. The first-order chi connectivity index (χ1) is 6.10. The molecule has 0 rings (SSSR count). The molecule has 0 radical (unpaired) electrons. The van der Waals surface area contributed by atoms with E-state index >= 15 is 0 Å². The van der Waals surface area contributed by atoms with Crippen LogP contribution in [0.3, 0.4) is 0 Å². The van der Waals surface area contributed by atoms with Crippen molar-refractivity contribution >= 4 is 16.1 Å². The van der Waals surface area contributed by atoms with Crippen LogP contribution in [0.4, 0.5) is 0 Å². The third-order valence-corrected chi connectivity index (χ3v) is 5.20. The van der Waals surface area contributed by atoms with Crippen LogP contribution in [0.2, 0.25) is 45.3 Å². The van der Waals surface area contributed by atoms with Gasteiger partial charge in [-0.2, -0.15) is 0 Å². The molecule has 0 saturated carbocycles. The molecule has 0 aliphatic carbocycles. The molecule has 0 saturated heterocycles. The fourth-order valence-electron chi connectivity index (χ4n) is 0.824. The predicted molar refractivity (Wildman–Crippen MR) is 68.7 cm³/mol. The molecule has 0 aromatic rings. The Kier molecular flexibility index (Phi) is 13.1. The second kappa shape index (κ2) is 9.33. The molecule has 0 aliphatic rings. The van der Waals surface area contributed by atoms with Gasteiger partial charge in [0.2, 0.25) is 0 Å². The molecule has 5 heteroatoms. The van der Waals surface area contributed by atoms with E-state index in [0.29, 0.717) is 0 Å². The van der Waals surface area contributed by atoms with Crippen molar-refractivity contribution in [2.24, 2.45) is 0 Å². The minimum atomic E-state index is -0.991. The van der Waals surface area contributed by atoms with E-state index in [1.54, 1.807) is 24.7 Å². The first-order valence-electron chi connectivity index (χ1n) is 5.21. The van der Waals surface area contributed by atoms with Crippen molar-refractivity contribution in [2.45, 2.75) is 45.3 Å². The summed E-state index contributed by atoms with van der Waals surface area (Å²) in [4.78, 5) is 0. The van der Waals surface area contributed by atoms with E-state index < -0.39 is 16.1 Å². The van der Waals surface area contributed by atoms with E-state index in [4.69, 9.17) is 0 Å². The topological polar surface area (TPSA) is 0 Å². The van der Waals surface area contributed by atoms with E-state index in [9.17, 15) is 0 Å². The zero-order chi connectivity index (χ0) is 11.4. The van der Waals surface area contributed by atoms with Crippen molar-refractivity contribution < 1.29 is 49.5 Å². The molecule has 0 aromatic heterocycles. The van der Waals surface area contributed by atoms with Crippen LogP contribution in [0.1, 0.15) is 0 Å². The zero-order valence-electron chi connectivity index (χ0n) is 11.2. The van der Waals surface area contributed by atoms with Crippen LogP contribution in [-0.2, 0) is 24.7 Å². The first kappa shape index (κ1) is 22.5. The van der Waals surface area contributed by atoms with Gasteiger partial charge in [-0.05, 0) is 0 Å². The van der Waals surface area contributed by atoms with Crippen molar-refractivity contribution in [3.63, 3.8) is 0 Å². The monoisotopic (exact) mass is 371 g/mol. The Hall–Kier alpha value is 1.38. The van der Waals surface area contributed by atoms with E-state index in [0.717, 1.165) is 0 Å². The Balaban J connectivity index is -0.000000845. The molecule has 0 fully saturated rings. The van der Waals surface area contributed by atoms with Gasteiger partial charge in [-0.1, -0.05) is 0 Å². The summed E-state index contributed by atoms with van der Waals surface area (Å²) in [5.41, 5.74) is 2.44. The number of hydrogen-bond donors (Lipinski definition) is 0. The van der Waals surface area contributed by atoms with Gasteiger partial charge in [0.25, 0.3) is 0 Å². The van der Waals surface area contributed by atoms with Crippen molar-refractivity contribution in [1.82, 2.24) is 0 Å². The zero-order valence-corrected chi connectivity index (χ0v) is 17.2. The van der Waals surface area contributed by atoms with Crippen molar-refractivity contribution in [2.75, 3.05) is 0 Å². The normalized spacial score (nSPS) is 13.4. The van der Waals surface area contributed by atoms with Gasteiger partial charge >= 0.3 is 107 Å². The molecule has 0 aliphatic heterocycles. The molecular weight excluding hydrogens is 350 g/mol. The molecule has 93 valence electrons. The summed E-state index contributed by atoms with van der Waals surface area (Å²) in [5, 5.41) is 0. The maximum absolute atomic E-state index is 2.45. The molecule has 0 spiro atoms. The average Bonchev–Trinajstić information content (AvgIpc) is 1.94. The molecule has 0 nitrogen and oxygen atoms in total. The van der Waals surface area contributed by atoms with E-state index in [2.05, 4.69) is 57.1 Å². The second-order valence-electron chi connectivity index (χ2n) is 6.12. The Morgan fingerprint density at radius 3 is 1.75 bits per heavy atom. The van der Waals surface area contributed by atoms with Gasteiger partial charge in [-0.15, -0.1) is 0 Å². The van der Waals surface area contributed by atoms with Crippen LogP contribution in [0.15, 0.2) is 21.1 Å². The summed E-state index contributed by atoms with van der Waals surface area (Å²) in [5.74, 6) is 0. The number of rotatable bonds is 4. The quantitative estimate of drug-likeness (QED) is 0.403. The molecule has 0 bridgehead atoms. The fourth-order valence-corrected chi connectivity index (χ4v) is 3.70. The van der Waals surface area contributed by atoms with Crippen molar-refractivity contribution in [3.05, 3.63) is 21.1 Å². The summed E-state index contributed by atoms with van der Waals surface area (Å²) < 4.78 is 1.53. The van der Waals surface area contributed by atoms with E-state index in [1.165, 1.54) is 9.33 Å². The Bertz CT molecular complexity index is 237. The summed E-state index contributed by atoms with van der Waals surface area (Å²) in [6.45, 7) is 14.4. The van der Waals surface area contributed by atoms with Crippen LogP contribution < -0.4 is 24.8 Å². The van der Waals surface area contributed by atoms with Gasteiger partial charge in [-0.25, -0.2) is 0 Å². The molecule has 16 heavy (non-hydrogen) atoms. The molecule has 0 amide bonds. The van der Waals surface area contributed by atoms with Crippen molar-refractivity contribution in [1.29, 1.82) is 0 Å². The van der Waals surface area contributed by atoms with Crippen LogP contribution in [0.25, 0.3) is 0 Å². The van der Waals surface area contributed by atoms with Crippen LogP contribution >= 0.6 is 0 Å². The van der Waals surface area contributed by atoms with E-state index in [1.807, 2.05) is 0 Å². The molecule has 0 unspecified atom stereocenters. The smallest absolute Gasteiger partial charge is 1.00 e. The third kappa shape index (κ3) is 17.8. The number of hydrogen-bond acceptors (Lipinski definition) is 0. The number of allylic oxidation sites excluding steroid dienone is 3.